The van der Waals surface area contributed by atoms with Crippen LogP contribution in [0.4, 0.5) is 5.69 Å². The molecule has 1 aromatic rings. The lowest BCUT2D eigenvalue weighted by Crippen LogP contribution is -2.14. The molecule has 0 radical (unpaired) electrons. The fraction of sp³-hybridized carbons (Fsp3) is 0.538. The Morgan fingerprint density at radius 3 is 2.50 bits per heavy atom. The van der Waals surface area contributed by atoms with E-state index in [9.17, 15) is 5.11 Å². The smallest absolute Gasteiger partial charge is 0.102 e. The van der Waals surface area contributed by atoms with Crippen LogP contribution in [0.25, 0.3) is 0 Å². The van der Waals surface area contributed by atoms with Gasteiger partial charge in [-0.1, -0.05) is 25.0 Å². The summed E-state index contributed by atoms with van der Waals surface area (Å²) in [6.07, 6.45) is 4.58. The second kappa shape index (κ2) is 5.32. The molecule has 0 amide bonds. The molecule has 1 saturated carbocycles. The maximum absolute atomic E-state index is 9.91. The molecule has 0 bridgehead atoms. The fourth-order valence-electron chi connectivity index (χ4n) is 2.10. The zero-order chi connectivity index (χ0) is 11.4. The maximum Gasteiger partial charge on any atom is 0.102 e. The maximum atomic E-state index is 9.91. The van der Waals surface area contributed by atoms with Gasteiger partial charge in [0, 0.05) is 5.69 Å². The summed E-state index contributed by atoms with van der Waals surface area (Å²) in [4.78, 5) is 0. The summed E-state index contributed by atoms with van der Waals surface area (Å²) in [5, 5.41) is 9.91. The molecular weight excluding hydrogens is 202 g/mol. The van der Waals surface area contributed by atoms with E-state index >= 15 is 0 Å². The minimum absolute atomic E-state index is 0.350. The van der Waals surface area contributed by atoms with Crippen LogP contribution in [0.15, 0.2) is 24.3 Å². The van der Waals surface area contributed by atoms with Gasteiger partial charge in [-0.05, 0) is 30.5 Å². The summed E-state index contributed by atoms with van der Waals surface area (Å²) in [6, 6.07) is 7.29. The number of nitrogen functional groups attached to an aromatic ring is 1. The molecule has 3 heteroatoms. The second-order valence-electron chi connectivity index (χ2n) is 4.42. The van der Waals surface area contributed by atoms with Gasteiger partial charge in [-0.25, -0.2) is 0 Å². The lowest BCUT2D eigenvalue weighted by atomic mass is 10.1. The van der Waals surface area contributed by atoms with E-state index in [0.29, 0.717) is 18.4 Å². The van der Waals surface area contributed by atoms with Crippen molar-refractivity contribution in [2.24, 2.45) is 0 Å². The summed E-state index contributed by atoms with van der Waals surface area (Å²) in [5.74, 6) is 0. The van der Waals surface area contributed by atoms with Gasteiger partial charge in [-0.2, -0.15) is 0 Å². The van der Waals surface area contributed by atoms with Gasteiger partial charge >= 0.3 is 0 Å². The molecule has 1 aromatic carbocycles. The van der Waals surface area contributed by atoms with Crippen LogP contribution in [0.3, 0.4) is 0 Å². The third kappa shape index (κ3) is 2.97. The van der Waals surface area contributed by atoms with E-state index in [2.05, 4.69) is 0 Å². The number of rotatable bonds is 4. The number of hydrogen-bond donors (Lipinski definition) is 2. The zero-order valence-electron chi connectivity index (χ0n) is 9.43. The van der Waals surface area contributed by atoms with Crippen LogP contribution in [0, 0.1) is 0 Å². The molecule has 16 heavy (non-hydrogen) atoms. The molecule has 0 spiro atoms. The molecule has 2 rings (SSSR count). The second-order valence-corrected chi connectivity index (χ2v) is 4.42. The third-order valence-electron chi connectivity index (χ3n) is 3.11. The molecule has 0 heterocycles. The van der Waals surface area contributed by atoms with Crippen molar-refractivity contribution >= 4 is 5.69 Å². The summed E-state index contributed by atoms with van der Waals surface area (Å²) in [6.45, 7) is 0.384. The average Bonchev–Trinajstić information content (AvgIpc) is 2.80. The Kier molecular flexibility index (Phi) is 3.80. The van der Waals surface area contributed by atoms with Crippen molar-refractivity contribution in [3.05, 3.63) is 29.8 Å². The van der Waals surface area contributed by atoms with Gasteiger partial charge in [0.2, 0.25) is 0 Å². The van der Waals surface area contributed by atoms with Crippen LogP contribution in [0.5, 0.6) is 0 Å². The minimum Gasteiger partial charge on any atom is -0.399 e. The molecule has 0 saturated heterocycles. The summed E-state index contributed by atoms with van der Waals surface area (Å²) in [5.41, 5.74) is 7.17. The number of ether oxygens (including phenoxy) is 1. The Labute approximate surface area is 96.2 Å². The molecule has 0 aromatic heterocycles. The first-order chi connectivity index (χ1) is 7.75. The third-order valence-corrected chi connectivity index (χ3v) is 3.11. The highest BCUT2D eigenvalue weighted by Gasteiger charge is 2.17. The first-order valence-electron chi connectivity index (χ1n) is 5.91. The molecule has 1 fully saturated rings. The van der Waals surface area contributed by atoms with Crippen LogP contribution < -0.4 is 5.73 Å². The SMILES string of the molecule is Nc1ccc(C(O)COC2CCCC2)cc1. The highest BCUT2D eigenvalue weighted by Crippen LogP contribution is 2.23. The summed E-state index contributed by atoms with van der Waals surface area (Å²) in [7, 11) is 0. The van der Waals surface area contributed by atoms with Gasteiger partial charge in [0.1, 0.15) is 6.10 Å². The van der Waals surface area contributed by atoms with Gasteiger partial charge in [-0.15, -0.1) is 0 Å². The van der Waals surface area contributed by atoms with E-state index in [1.807, 2.05) is 12.1 Å². The summed E-state index contributed by atoms with van der Waals surface area (Å²) >= 11 is 0. The van der Waals surface area contributed by atoms with Gasteiger partial charge in [0.25, 0.3) is 0 Å². The Morgan fingerprint density at radius 2 is 1.88 bits per heavy atom. The van der Waals surface area contributed by atoms with Crippen LogP contribution in [-0.2, 0) is 4.74 Å². The van der Waals surface area contributed by atoms with E-state index in [1.54, 1.807) is 12.1 Å². The molecule has 3 N–H and O–H groups in total. The average molecular weight is 221 g/mol. The number of hydrogen-bond acceptors (Lipinski definition) is 3. The predicted octanol–water partition coefficient (Wildman–Crippen LogP) is 2.26. The lowest BCUT2D eigenvalue weighted by molar-refractivity contribution is -0.00698. The van der Waals surface area contributed by atoms with Crippen LogP contribution in [0.1, 0.15) is 37.4 Å². The predicted molar refractivity (Wildman–Crippen MR) is 64.0 cm³/mol. The minimum atomic E-state index is -0.541. The Morgan fingerprint density at radius 1 is 1.25 bits per heavy atom. The highest BCUT2D eigenvalue weighted by molar-refractivity contribution is 5.39. The van der Waals surface area contributed by atoms with Crippen molar-refractivity contribution in [1.29, 1.82) is 0 Å². The largest absolute Gasteiger partial charge is 0.399 e. The van der Waals surface area contributed by atoms with Crippen molar-refractivity contribution in [3.8, 4) is 0 Å². The van der Waals surface area contributed by atoms with E-state index in [1.165, 1.54) is 12.8 Å². The molecule has 1 aliphatic rings. The van der Waals surface area contributed by atoms with Gasteiger partial charge in [0.05, 0.1) is 12.7 Å². The van der Waals surface area contributed by atoms with Crippen molar-refractivity contribution in [3.63, 3.8) is 0 Å². The fourth-order valence-corrected chi connectivity index (χ4v) is 2.10. The highest BCUT2D eigenvalue weighted by atomic mass is 16.5. The summed E-state index contributed by atoms with van der Waals surface area (Å²) < 4.78 is 5.67. The zero-order valence-corrected chi connectivity index (χ0v) is 9.43. The Bertz CT molecular complexity index is 317. The Balaban J connectivity index is 1.82. The van der Waals surface area contributed by atoms with E-state index in [4.69, 9.17) is 10.5 Å². The number of aliphatic hydroxyl groups excluding tert-OH is 1. The molecule has 1 unspecified atom stereocenters. The molecular formula is C13H19NO2. The normalized spacial score (nSPS) is 18.8. The van der Waals surface area contributed by atoms with E-state index in [-0.39, 0.29) is 0 Å². The van der Waals surface area contributed by atoms with Crippen molar-refractivity contribution in [2.45, 2.75) is 37.9 Å². The Hall–Kier alpha value is -1.06. The molecule has 1 aliphatic carbocycles. The number of benzene rings is 1. The van der Waals surface area contributed by atoms with Crippen molar-refractivity contribution < 1.29 is 9.84 Å². The molecule has 0 aliphatic heterocycles. The molecule has 1 atom stereocenters. The van der Waals surface area contributed by atoms with E-state index < -0.39 is 6.10 Å². The lowest BCUT2D eigenvalue weighted by Gasteiger charge is -2.15. The first-order valence-corrected chi connectivity index (χ1v) is 5.91. The van der Waals surface area contributed by atoms with Crippen LogP contribution in [-0.4, -0.2) is 17.8 Å². The first kappa shape index (κ1) is 11.4. The topological polar surface area (TPSA) is 55.5 Å². The standard InChI is InChI=1S/C13H19NO2/c14-11-7-5-10(6-8-11)13(15)9-16-12-3-1-2-4-12/h5-8,12-13,15H,1-4,9,14H2. The van der Waals surface area contributed by atoms with Crippen LogP contribution in [0.2, 0.25) is 0 Å². The van der Waals surface area contributed by atoms with Gasteiger partial charge in [0.15, 0.2) is 0 Å². The molecule has 88 valence electrons. The quantitative estimate of drug-likeness (QED) is 0.767. The molecule has 3 nitrogen and oxygen atoms in total. The monoisotopic (exact) mass is 221 g/mol. The van der Waals surface area contributed by atoms with Crippen molar-refractivity contribution in [1.82, 2.24) is 0 Å². The van der Waals surface area contributed by atoms with E-state index in [0.717, 1.165) is 18.4 Å². The van der Waals surface area contributed by atoms with Gasteiger partial charge < -0.3 is 15.6 Å². The van der Waals surface area contributed by atoms with Crippen LogP contribution >= 0.6 is 0 Å². The number of nitrogens with two attached hydrogens (primary N) is 1. The van der Waals surface area contributed by atoms with Crippen molar-refractivity contribution in [2.75, 3.05) is 12.3 Å². The number of anilines is 1. The number of aliphatic hydroxyl groups is 1. The van der Waals surface area contributed by atoms with Gasteiger partial charge in [-0.3, -0.25) is 0 Å².